The molecule has 4 amide bonds. The zero-order chi connectivity index (χ0) is 101. The van der Waals surface area contributed by atoms with Gasteiger partial charge < -0.3 is 205 Å². The molecular weight excluding hydrogens is 1820 g/mol. The number of carboxylic acids is 1. The Balaban J connectivity index is 0.993. The van der Waals surface area contributed by atoms with Gasteiger partial charge in [-0.3, -0.25) is 19.2 Å². The van der Waals surface area contributed by atoms with Gasteiger partial charge in [-0.1, -0.05) is 206 Å². The summed E-state index contributed by atoms with van der Waals surface area (Å²) in [5.74, 6) is -8.92. The predicted molar refractivity (Wildman–Crippen MR) is 475 cm³/mol. The molecule has 0 radical (unpaired) electrons. The zero-order valence-electron chi connectivity index (χ0n) is 79.3. The lowest BCUT2D eigenvalue weighted by molar-refractivity contribution is -0.391. The van der Waals surface area contributed by atoms with Crippen molar-refractivity contribution in [1.82, 2.24) is 21.3 Å². The zero-order valence-corrected chi connectivity index (χ0v) is 79.3. The fourth-order valence-corrected chi connectivity index (χ4v) is 18.4. The van der Waals surface area contributed by atoms with Crippen molar-refractivity contribution in [3.63, 3.8) is 0 Å². The molecule has 0 bridgehead atoms. The van der Waals surface area contributed by atoms with Gasteiger partial charge in [0.25, 0.3) is 5.79 Å². The fourth-order valence-electron chi connectivity index (χ4n) is 18.4. The lowest BCUT2D eigenvalue weighted by atomic mass is 9.88. The summed E-state index contributed by atoms with van der Waals surface area (Å²) in [5.41, 5.74) is 0. The fraction of sp³-hybridized carbons (Fsp3) is 0.923. The molecule has 0 spiro atoms. The lowest BCUT2D eigenvalue weighted by Crippen LogP contribution is -2.71. The average molecular weight is 1980 g/mol. The molecule has 0 aromatic carbocycles. The third kappa shape index (κ3) is 35.5. The number of unbranched alkanes of at least 4 members (excludes halogenated alkanes) is 29. The summed E-state index contributed by atoms with van der Waals surface area (Å²) in [6.07, 6.45) is -30.6. The van der Waals surface area contributed by atoms with Crippen LogP contribution in [0.3, 0.4) is 0 Å². The van der Waals surface area contributed by atoms with E-state index in [2.05, 4.69) is 35.1 Å². The molecule has 0 aliphatic carbocycles. The van der Waals surface area contributed by atoms with E-state index in [4.69, 9.17) is 66.3 Å². The Hall–Kier alpha value is -4.35. The molecule has 14 unspecified atom stereocenters. The molecule has 38 atom stereocenters. The van der Waals surface area contributed by atoms with Crippen LogP contribution < -0.4 is 21.3 Å². The second-order valence-corrected chi connectivity index (χ2v) is 37.1. The van der Waals surface area contributed by atoms with Gasteiger partial charge in [0.05, 0.1) is 77.1 Å². The second kappa shape index (κ2) is 62.5. The number of rotatable bonds is 64. The monoisotopic (exact) mass is 1980 g/mol. The smallest absolute Gasteiger partial charge is 0.364 e. The number of aliphatic carboxylic acids is 1. The van der Waals surface area contributed by atoms with E-state index in [1.165, 1.54) is 135 Å². The molecule has 7 heterocycles. The third-order valence-corrected chi connectivity index (χ3v) is 26.3. The number of carbonyl (C=O) groups excluding carboxylic acids is 4. The number of hydrogen-bond acceptors (Lipinski definition) is 41. The summed E-state index contributed by atoms with van der Waals surface area (Å²) in [6, 6.07) is -6.86. The maximum Gasteiger partial charge on any atom is 0.364 e. The van der Waals surface area contributed by atoms with Gasteiger partial charge in [0.15, 0.2) is 37.7 Å². The SMILES string of the molecule is CCCCCCCCCCCCC/C=C/[C@@H](O)[C@H](CO[C@@H]1OC(CO)[C@@H](O[C@@H]2OC(CO)[C@H](O)[C@H](O[C@@H]3OC(CO)[C@@H](O[C@@H]4OC(CO)[C@H](O)[C@H](O[C@@H]5OC(CO)[C@@H](O[C@@H]6OC(CO)[C@H](O)[C@H](O[C@]7(C(=O)O)CC(O)[C@@H](NC(=O)CO)C([C@H](O)[C@H](O)CO)O7)C6O)[C@H](O)C5NC(C)=O)C4O)[C@H](O)C3NC(C)=O)C2O)[C@H](O)C1O)NC(=O)CCCCCCCCCCCCCCCCCCCCC. The Morgan fingerprint density at radius 2 is 0.737 bits per heavy atom. The second-order valence-electron chi connectivity index (χ2n) is 37.1. The highest BCUT2D eigenvalue weighted by molar-refractivity contribution is 5.78. The van der Waals surface area contributed by atoms with Gasteiger partial charge in [0.2, 0.25) is 23.6 Å². The molecule has 0 aromatic heterocycles. The molecule has 137 heavy (non-hydrogen) atoms. The van der Waals surface area contributed by atoms with Crippen molar-refractivity contribution in [3.8, 4) is 0 Å². The van der Waals surface area contributed by atoms with Crippen LogP contribution in [-0.4, -0.2) is 439 Å². The molecule has 46 nitrogen and oxygen atoms in total. The van der Waals surface area contributed by atoms with Gasteiger partial charge in [-0.25, -0.2) is 4.79 Å². The van der Waals surface area contributed by atoms with Crippen molar-refractivity contribution in [3.05, 3.63) is 12.2 Å². The van der Waals surface area contributed by atoms with Crippen molar-refractivity contribution in [2.45, 2.75) is 472 Å². The molecular formula is C91H162N4O42. The van der Waals surface area contributed by atoms with Gasteiger partial charge in [0, 0.05) is 26.7 Å². The normalized spacial score (nSPS) is 36.4. The number of carbonyl (C=O) groups is 5. The van der Waals surface area contributed by atoms with E-state index in [0.29, 0.717) is 12.8 Å². The highest BCUT2D eigenvalue weighted by Gasteiger charge is 2.63. The molecule has 46 heteroatoms. The molecule has 7 rings (SSSR count). The van der Waals surface area contributed by atoms with Crippen molar-refractivity contribution in [1.29, 1.82) is 0 Å². The summed E-state index contributed by atoms with van der Waals surface area (Å²) in [7, 11) is 0. The number of hydrogen-bond donors (Lipinski definition) is 27. The largest absolute Gasteiger partial charge is 0.477 e. The number of nitrogens with one attached hydrogen (secondary N) is 4. The van der Waals surface area contributed by atoms with Crippen molar-refractivity contribution in [2.24, 2.45) is 0 Å². The number of aliphatic hydroxyl groups is 22. The van der Waals surface area contributed by atoms with Crippen LogP contribution in [0.4, 0.5) is 0 Å². The summed E-state index contributed by atoms with van der Waals surface area (Å²) < 4.78 is 82.9. The highest BCUT2D eigenvalue weighted by atomic mass is 16.8. The molecule has 798 valence electrons. The molecule has 7 saturated heterocycles. The quantitative estimate of drug-likeness (QED) is 0.0201. The Morgan fingerprint density at radius 3 is 1.11 bits per heavy atom. The van der Waals surface area contributed by atoms with E-state index < -0.39 is 322 Å². The maximum atomic E-state index is 13.6. The standard InChI is InChI=1S/C91H162N4O42/c1-5-7-9-11-13-15-17-19-20-21-22-23-24-26-28-30-32-34-36-38-61(109)94-51(52(106)37-35-33-31-29-27-25-18-16-14-12-10-8-6-2)48-124-86-73(118)72(117)79(60(46-102)130-86)133-88-75(120)82(68(113)56(42-98)126-88)135-84-64(92-49(3)104)70(115)77(58(44-100)128-84)131-87-74(119)81(67(112)55(41-97)125-87)134-85-65(93-50(4)105)71(116)78(59(45-101)129-85)132-89-76(121)83(69(114)57(43-99)127-89)137-91(90(122)123)39-53(107)63(95-62(110)47-103)80(136-91)66(111)54(108)40-96/h35,37,51-60,63-89,96-103,106-108,111-121H,5-34,36,38-48H2,1-4H3,(H,92,104)(H,93,105)(H,94,109)(H,95,110)(H,122,123)/b37-35+/t51-,52+,53?,54+,55?,56?,57?,58?,59?,60?,63+,64?,65?,66+,67-,68-,69-,70+,71+,72+,73?,74?,75?,76?,77+,78+,79+,80?,81-,82-,83-,84-,85-,86+,87-,88-,89-,91-/m0/s1. The minimum absolute atomic E-state index is 0.151. The number of amides is 4. The van der Waals surface area contributed by atoms with Crippen LogP contribution in [0, 0.1) is 0 Å². The van der Waals surface area contributed by atoms with Gasteiger partial charge in [-0.05, 0) is 19.3 Å². The summed E-state index contributed by atoms with van der Waals surface area (Å²) >= 11 is 0. The number of carboxylic acid groups (broad SMARTS) is 1. The lowest BCUT2D eigenvalue weighted by Gasteiger charge is -2.51. The van der Waals surface area contributed by atoms with E-state index >= 15 is 0 Å². The van der Waals surface area contributed by atoms with E-state index in [0.717, 1.165) is 65.2 Å². The van der Waals surface area contributed by atoms with Crippen molar-refractivity contribution < 1.29 is 208 Å². The summed E-state index contributed by atoms with van der Waals surface area (Å²) in [6.45, 7) is -3.29. The first-order valence-corrected chi connectivity index (χ1v) is 49.3. The Morgan fingerprint density at radius 1 is 0.387 bits per heavy atom. The van der Waals surface area contributed by atoms with Gasteiger partial charge in [-0.15, -0.1) is 0 Å². The number of aliphatic hydroxyl groups excluding tert-OH is 22. The number of ether oxygens (including phenoxy) is 14. The van der Waals surface area contributed by atoms with E-state index in [-0.39, 0.29) is 12.3 Å². The molecule has 7 aliphatic rings. The van der Waals surface area contributed by atoms with Crippen LogP contribution in [0.2, 0.25) is 0 Å². The van der Waals surface area contributed by atoms with Crippen molar-refractivity contribution >= 4 is 29.6 Å². The van der Waals surface area contributed by atoms with Crippen LogP contribution in [0.5, 0.6) is 0 Å². The van der Waals surface area contributed by atoms with Crippen molar-refractivity contribution in [2.75, 3.05) is 59.5 Å². The molecule has 0 saturated carbocycles. The first-order valence-electron chi connectivity index (χ1n) is 49.3. The van der Waals surface area contributed by atoms with E-state index in [1.54, 1.807) is 6.08 Å². The average Bonchev–Trinajstić information content (AvgIpc) is 0.747. The predicted octanol–water partition coefficient (Wildman–Crippen LogP) is -4.72. The topological polar surface area (TPSA) is 728 Å². The van der Waals surface area contributed by atoms with E-state index in [1.807, 2.05) is 6.08 Å². The first-order chi connectivity index (χ1) is 65.7. The van der Waals surface area contributed by atoms with Gasteiger partial charge in [0.1, 0.15) is 171 Å². The molecule has 0 aromatic rings. The van der Waals surface area contributed by atoms with Crippen LogP contribution in [-0.2, 0) is 90.3 Å². The minimum atomic E-state index is -3.31. The van der Waals surface area contributed by atoms with Crippen LogP contribution in [0.15, 0.2) is 12.2 Å². The van der Waals surface area contributed by atoms with Crippen LogP contribution in [0.25, 0.3) is 0 Å². The minimum Gasteiger partial charge on any atom is -0.477 e. The first kappa shape index (κ1) is 120. The number of allylic oxidation sites excluding steroid dienone is 1. The van der Waals surface area contributed by atoms with Gasteiger partial charge >= 0.3 is 5.97 Å². The Labute approximate surface area is 799 Å². The maximum absolute atomic E-state index is 13.6. The van der Waals surface area contributed by atoms with Gasteiger partial charge in [-0.2, -0.15) is 0 Å². The summed E-state index contributed by atoms with van der Waals surface area (Å²) in [5, 5.41) is 267. The van der Waals surface area contributed by atoms with E-state index in [9.17, 15) is 141 Å². The molecule has 7 fully saturated rings. The van der Waals surface area contributed by atoms with Crippen LogP contribution >= 0.6 is 0 Å². The Kier molecular flexibility index (Phi) is 54.5. The summed E-state index contributed by atoms with van der Waals surface area (Å²) in [4.78, 5) is 65.3. The Bertz CT molecular complexity index is 3400. The molecule has 7 aliphatic heterocycles. The highest BCUT2D eigenvalue weighted by Crippen LogP contribution is 2.42. The molecule has 27 N–H and O–H groups in total. The van der Waals surface area contributed by atoms with Crippen LogP contribution in [0.1, 0.15) is 240 Å². The third-order valence-electron chi connectivity index (χ3n) is 26.3.